The van der Waals surface area contributed by atoms with Gasteiger partial charge in [0.25, 0.3) is 0 Å². The molecule has 0 radical (unpaired) electrons. The van der Waals surface area contributed by atoms with Crippen molar-refractivity contribution < 1.29 is 13.2 Å². The molecule has 12 heavy (non-hydrogen) atoms. The Morgan fingerprint density at radius 3 is 2.50 bits per heavy atom. The topological polar surface area (TPSA) is 17.8 Å². The van der Waals surface area contributed by atoms with Gasteiger partial charge in [-0.25, -0.2) is 4.98 Å². The van der Waals surface area contributed by atoms with Crippen LogP contribution in [0, 0.1) is 0 Å². The second-order valence-corrected chi connectivity index (χ2v) is 2.55. The zero-order valence-electron chi connectivity index (χ0n) is 6.19. The molecule has 68 valence electrons. The second kappa shape index (κ2) is 2.97. The highest BCUT2D eigenvalue weighted by Crippen LogP contribution is 2.30. The summed E-state index contributed by atoms with van der Waals surface area (Å²) in [5, 5.41) is 0. The fourth-order valence-electron chi connectivity index (χ4n) is 0.850. The zero-order chi connectivity index (χ0) is 9.35. The Hall–Kier alpha value is -0.710. The van der Waals surface area contributed by atoms with Crippen molar-refractivity contribution in [1.29, 1.82) is 0 Å². The second-order valence-electron chi connectivity index (χ2n) is 2.28. The summed E-state index contributed by atoms with van der Waals surface area (Å²) in [6.07, 6.45) is -3.31. The summed E-state index contributed by atoms with van der Waals surface area (Å²) in [6.45, 7) is 0. The SMILES string of the molecule is Cn1cnc(C(F)(F)F)c1CCl. The highest BCUT2D eigenvalue weighted by atomic mass is 35.5. The Morgan fingerprint density at radius 1 is 1.58 bits per heavy atom. The third-order valence-corrected chi connectivity index (χ3v) is 1.71. The van der Waals surface area contributed by atoms with Crippen molar-refractivity contribution in [3.8, 4) is 0 Å². The fourth-order valence-corrected chi connectivity index (χ4v) is 1.17. The number of aromatic nitrogens is 2. The van der Waals surface area contributed by atoms with E-state index in [0.717, 1.165) is 6.33 Å². The van der Waals surface area contributed by atoms with Crippen LogP contribution in [-0.2, 0) is 19.1 Å². The van der Waals surface area contributed by atoms with Crippen LogP contribution in [0.5, 0.6) is 0 Å². The van der Waals surface area contributed by atoms with Gasteiger partial charge < -0.3 is 4.57 Å². The quantitative estimate of drug-likeness (QED) is 0.633. The highest BCUT2D eigenvalue weighted by molar-refractivity contribution is 6.17. The molecule has 2 nitrogen and oxygen atoms in total. The third-order valence-electron chi connectivity index (χ3n) is 1.45. The van der Waals surface area contributed by atoms with Gasteiger partial charge in [0.05, 0.1) is 17.9 Å². The van der Waals surface area contributed by atoms with Crippen molar-refractivity contribution in [2.45, 2.75) is 12.1 Å². The average molecular weight is 199 g/mol. The van der Waals surface area contributed by atoms with Crippen LogP contribution in [0.3, 0.4) is 0 Å². The first-order chi connectivity index (χ1) is 5.46. The van der Waals surface area contributed by atoms with Crippen molar-refractivity contribution in [2.75, 3.05) is 0 Å². The molecular weight excluding hydrogens is 193 g/mol. The minimum absolute atomic E-state index is 0.0100. The molecule has 6 heteroatoms. The maximum atomic E-state index is 12.1. The molecule has 0 fully saturated rings. The van der Waals surface area contributed by atoms with Crippen LogP contribution in [0.2, 0.25) is 0 Å². The molecular formula is C6H6ClF3N2. The molecule has 0 atom stereocenters. The number of imidazole rings is 1. The molecule has 0 aliphatic rings. The summed E-state index contributed by atoms with van der Waals surface area (Å²) in [5.41, 5.74) is -0.913. The predicted octanol–water partition coefficient (Wildman–Crippen LogP) is 2.18. The van der Waals surface area contributed by atoms with E-state index < -0.39 is 11.9 Å². The lowest BCUT2D eigenvalue weighted by molar-refractivity contribution is -0.141. The molecule has 0 aliphatic carbocycles. The predicted molar refractivity (Wildman–Crippen MR) is 37.8 cm³/mol. The Balaban J connectivity index is 3.16. The normalized spacial score (nSPS) is 12.1. The van der Waals surface area contributed by atoms with Gasteiger partial charge in [-0.1, -0.05) is 0 Å². The van der Waals surface area contributed by atoms with Crippen molar-refractivity contribution in [3.63, 3.8) is 0 Å². The molecule has 0 spiro atoms. The van der Waals surface area contributed by atoms with Gasteiger partial charge in [0.15, 0.2) is 5.69 Å². The largest absolute Gasteiger partial charge is 0.435 e. The summed E-state index contributed by atoms with van der Waals surface area (Å²) >= 11 is 5.32. The minimum Gasteiger partial charge on any atom is -0.336 e. The maximum Gasteiger partial charge on any atom is 0.435 e. The number of alkyl halides is 4. The van der Waals surface area contributed by atoms with Gasteiger partial charge in [-0.2, -0.15) is 13.2 Å². The Labute approximate surface area is 72.0 Å². The van der Waals surface area contributed by atoms with Crippen LogP contribution in [0.1, 0.15) is 11.4 Å². The van der Waals surface area contributed by atoms with Crippen LogP contribution in [0.25, 0.3) is 0 Å². The minimum atomic E-state index is -4.41. The van der Waals surface area contributed by atoms with Gasteiger partial charge >= 0.3 is 6.18 Å². The molecule has 0 saturated carbocycles. The summed E-state index contributed by atoms with van der Waals surface area (Å²) < 4.78 is 37.6. The lowest BCUT2D eigenvalue weighted by Gasteiger charge is -2.05. The first-order valence-corrected chi connectivity index (χ1v) is 3.63. The highest BCUT2D eigenvalue weighted by Gasteiger charge is 2.36. The molecule has 1 aromatic rings. The molecule has 0 saturated heterocycles. The lowest BCUT2D eigenvalue weighted by atomic mass is 10.3. The van der Waals surface area contributed by atoms with Gasteiger partial charge in [-0.05, 0) is 0 Å². The Bertz CT molecular complexity index is 279. The van der Waals surface area contributed by atoms with E-state index in [1.54, 1.807) is 0 Å². The monoisotopic (exact) mass is 198 g/mol. The van der Waals surface area contributed by atoms with Gasteiger partial charge in [0.2, 0.25) is 0 Å². The first-order valence-electron chi connectivity index (χ1n) is 3.10. The van der Waals surface area contributed by atoms with E-state index in [-0.39, 0.29) is 11.6 Å². The molecule has 1 heterocycles. The summed E-state index contributed by atoms with van der Waals surface area (Å²) in [5.74, 6) is -0.189. The molecule has 0 aliphatic heterocycles. The Morgan fingerprint density at radius 2 is 2.17 bits per heavy atom. The van der Waals surface area contributed by atoms with Gasteiger partial charge in [0, 0.05) is 7.05 Å². The molecule has 1 rings (SSSR count). The smallest absolute Gasteiger partial charge is 0.336 e. The van der Waals surface area contributed by atoms with Crippen molar-refractivity contribution in [1.82, 2.24) is 9.55 Å². The standard InChI is InChI=1S/C6H6ClF3N2/c1-12-3-11-5(4(12)2-7)6(8,9)10/h3H,2H2,1H3. The van der Waals surface area contributed by atoms with Crippen LogP contribution >= 0.6 is 11.6 Å². The fraction of sp³-hybridized carbons (Fsp3) is 0.500. The van der Waals surface area contributed by atoms with Gasteiger partial charge in [0.1, 0.15) is 0 Å². The van der Waals surface area contributed by atoms with E-state index >= 15 is 0 Å². The Kier molecular flexibility index (Phi) is 2.32. The average Bonchev–Trinajstić information content (AvgIpc) is 2.29. The maximum absolute atomic E-state index is 12.1. The van der Waals surface area contributed by atoms with Crippen LogP contribution in [0.15, 0.2) is 6.33 Å². The van der Waals surface area contributed by atoms with E-state index in [0.29, 0.717) is 0 Å². The van der Waals surface area contributed by atoms with E-state index in [1.807, 2.05) is 0 Å². The van der Waals surface area contributed by atoms with E-state index in [2.05, 4.69) is 4.98 Å². The summed E-state index contributed by atoms with van der Waals surface area (Å²) in [7, 11) is 1.47. The summed E-state index contributed by atoms with van der Waals surface area (Å²) in [4.78, 5) is 3.21. The first kappa shape index (κ1) is 9.38. The van der Waals surface area contributed by atoms with Crippen LogP contribution in [-0.4, -0.2) is 9.55 Å². The van der Waals surface area contributed by atoms with Crippen LogP contribution < -0.4 is 0 Å². The van der Waals surface area contributed by atoms with Crippen molar-refractivity contribution in [2.24, 2.45) is 7.05 Å². The van der Waals surface area contributed by atoms with Crippen molar-refractivity contribution >= 4 is 11.6 Å². The van der Waals surface area contributed by atoms with E-state index in [1.165, 1.54) is 11.6 Å². The number of nitrogens with zero attached hydrogens (tertiary/aromatic N) is 2. The number of rotatable bonds is 1. The number of aryl methyl sites for hydroxylation is 1. The number of hydrogen-bond acceptors (Lipinski definition) is 1. The number of halogens is 4. The van der Waals surface area contributed by atoms with Gasteiger partial charge in [-0.3, -0.25) is 0 Å². The molecule has 0 N–H and O–H groups in total. The third kappa shape index (κ3) is 1.55. The van der Waals surface area contributed by atoms with Crippen LogP contribution in [0.4, 0.5) is 13.2 Å². The zero-order valence-corrected chi connectivity index (χ0v) is 6.95. The lowest BCUT2D eigenvalue weighted by Crippen LogP contribution is -2.09. The molecule has 0 bridgehead atoms. The van der Waals surface area contributed by atoms with E-state index in [4.69, 9.17) is 11.6 Å². The summed E-state index contributed by atoms with van der Waals surface area (Å²) in [6, 6.07) is 0. The molecule has 1 aromatic heterocycles. The molecule has 0 unspecified atom stereocenters. The van der Waals surface area contributed by atoms with Crippen molar-refractivity contribution in [3.05, 3.63) is 17.7 Å². The number of hydrogen-bond donors (Lipinski definition) is 0. The van der Waals surface area contributed by atoms with E-state index in [9.17, 15) is 13.2 Å². The van der Waals surface area contributed by atoms with Gasteiger partial charge in [-0.15, -0.1) is 11.6 Å². The molecule has 0 aromatic carbocycles. The molecule has 0 amide bonds.